The minimum absolute atomic E-state index is 0.130. The summed E-state index contributed by atoms with van der Waals surface area (Å²) in [6.07, 6.45) is 3.59. The van der Waals surface area contributed by atoms with Gasteiger partial charge in [0.25, 0.3) is 0 Å². The first-order chi connectivity index (χ1) is 11.6. The van der Waals surface area contributed by atoms with Crippen molar-refractivity contribution in [3.05, 3.63) is 0 Å². The average molecular weight is 374 g/mol. The third-order valence-corrected chi connectivity index (χ3v) is 6.46. The third kappa shape index (κ3) is 4.15. The molecule has 0 amide bonds. The maximum absolute atomic E-state index is 12.2. The molecule has 0 heterocycles. The molecule has 0 aromatic heterocycles. The minimum Gasteiger partial charge on any atom is -0.748 e. The van der Waals surface area contributed by atoms with Crippen molar-refractivity contribution >= 4 is 22.1 Å². The van der Waals surface area contributed by atoms with Gasteiger partial charge in [-0.2, -0.15) is 0 Å². The van der Waals surface area contributed by atoms with Crippen LogP contribution in [0.15, 0.2) is 0 Å². The molecule has 4 aliphatic rings. The summed E-state index contributed by atoms with van der Waals surface area (Å²) in [5.41, 5.74) is 5.25. The first kappa shape index (κ1) is 18.6. The van der Waals surface area contributed by atoms with E-state index in [0.717, 1.165) is 19.3 Å². The standard InChI is InChI=1S/C16H25NO7S/c1-9(18)24-16-6-10-4-11(7-16)14(12(5-10)8-16)23-15(19)13(17)2-3-25(20,21)22/h10-14H,2-8,17H2,1H3,(H,20,21,22)/p-1. The van der Waals surface area contributed by atoms with Crippen LogP contribution in [0.1, 0.15) is 45.4 Å². The Morgan fingerprint density at radius 3 is 2.36 bits per heavy atom. The molecule has 9 heteroatoms. The summed E-state index contributed by atoms with van der Waals surface area (Å²) in [5.74, 6) is -0.890. The molecule has 3 atom stereocenters. The van der Waals surface area contributed by atoms with Crippen molar-refractivity contribution in [1.82, 2.24) is 0 Å². The molecule has 4 saturated carbocycles. The number of hydrogen-bond acceptors (Lipinski definition) is 8. The van der Waals surface area contributed by atoms with Gasteiger partial charge in [0, 0.05) is 24.5 Å². The van der Waals surface area contributed by atoms with E-state index in [1.165, 1.54) is 6.92 Å². The van der Waals surface area contributed by atoms with Crippen molar-refractivity contribution in [2.45, 2.75) is 63.2 Å². The molecule has 0 aromatic carbocycles. The second-order valence-corrected chi connectivity index (χ2v) is 9.33. The molecule has 0 saturated heterocycles. The van der Waals surface area contributed by atoms with Gasteiger partial charge in [0.2, 0.25) is 0 Å². The second kappa shape index (κ2) is 6.51. The topological polar surface area (TPSA) is 136 Å². The summed E-state index contributed by atoms with van der Waals surface area (Å²) in [5, 5.41) is 0. The number of rotatable bonds is 6. The third-order valence-electron chi connectivity index (χ3n) is 5.72. The van der Waals surface area contributed by atoms with Crippen LogP contribution >= 0.6 is 0 Å². The van der Waals surface area contributed by atoms with Crippen LogP contribution < -0.4 is 5.73 Å². The number of nitrogens with two attached hydrogens (primary N) is 1. The van der Waals surface area contributed by atoms with E-state index in [1.807, 2.05) is 0 Å². The Balaban J connectivity index is 1.61. The average Bonchev–Trinajstić information content (AvgIpc) is 2.45. The normalized spacial score (nSPS) is 37.6. The largest absolute Gasteiger partial charge is 0.748 e. The molecule has 0 spiro atoms. The zero-order valence-electron chi connectivity index (χ0n) is 14.2. The maximum atomic E-state index is 12.2. The highest BCUT2D eigenvalue weighted by atomic mass is 32.2. The van der Waals surface area contributed by atoms with Crippen LogP contribution in [0.5, 0.6) is 0 Å². The van der Waals surface area contributed by atoms with E-state index < -0.39 is 33.5 Å². The lowest BCUT2D eigenvalue weighted by Crippen LogP contribution is -2.59. The highest BCUT2D eigenvalue weighted by Crippen LogP contribution is 2.58. The fourth-order valence-corrected chi connectivity index (χ4v) is 5.68. The van der Waals surface area contributed by atoms with Gasteiger partial charge in [-0.3, -0.25) is 9.59 Å². The maximum Gasteiger partial charge on any atom is 0.323 e. The molecule has 2 N–H and O–H groups in total. The SMILES string of the molecule is CC(=O)OC12CC3CC(C1)C(OC(=O)C(N)CCS(=O)(=O)[O-])C(C3)C2. The molecule has 4 rings (SSSR count). The minimum atomic E-state index is -4.41. The fourth-order valence-electron chi connectivity index (χ4n) is 5.14. The number of hydrogen-bond donors (Lipinski definition) is 1. The van der Waals surface area contributed by atoms with Crippen molar-refractivity contribution in [3.8, 4) is 0 Å². The smallest absolute Gasteiger partial charge is 0.323 e. The number of ether oxygens (including phenoxy) is 2. The van der Waals surface area contributed by atoms with Crippen LogP contribution in [0.2, 0.25) is 0 Å². The van der Waals surface area contributed by atoms with Gasteiger partial charge in [-0.25, -0.2) is 8.42 Å². The van der Waals surface area contributed by atoms with Gasteiger partial charge in [0.05, 0.1) is 10.1 Å². The predicted octanol–water partition coefficient (Wildman–Crippen LogP) is 0.303. The van der Waals surface area contributed by atoms with E-state index >= 15 is 0 Å². The molecule has 0 aliphatic heterocycles. The molecule has 142 valence electrons. The molecular formula is C16H24NO7S-. The van der Waals surface area contributed by atoms with Gasteiger partial charge in [-0.15, -0.1) is 0 Å². The van der Waals surface area contributed by atoms with Crippen molar-refractivity contribution in [1.29, 1.82) is 0 Å². The van der Waals surface area contributed by atoms with Crippen LogP contribution in [0.3, 0.4) is 0 Å². The molecule has 25 heavy (non-hydrogen) atoms. The quantitative estimate of drug-likeness (QED) is 0.518. The first-order valence-electron chi connectivity index (χ1n) is 8.66. The summed E-state index contributed by atoms with van der Waals surface area (Å²) < 4.78 is 43.2. The molecule has 4 aliphatic carbocycles. The Morgan fingerprint density at radius 1 is 1.24 bits per heavy atom. The van der Waals surface area contributed by atoms with Gasteiger partial charge < -0.3 is 19.8 Å². The zero-order valence-corrected chi connectivity index (χ0v) is 15.0. The second-order valence-electron chi connectivity index (χ2n) is 7.81. The Hall–Kier alpha value is -1.19. The van der Waals surface area contributed by atoms with Crippen LogP contribution in [0, 0.1) is 17.8 Å². The van der Waals surface area contributed by atoms with Crippen LogP contribution in [0.4, 0.5) is 0 Å². The van der Waals surface area contributed by atoms with Gasteiger partial charge in [-0.1, -0.05) is 0 Å². The van der Waals surface area contributed by atoms with E-state index in [1.54, 1.807) is 0 Å². The van der Waals surface area contributed by atoms with E-state index in [-0.39, 0.29) is 30.3 Å². The Labute approximate surface area is 147 Å². The Bertz CT molecular complexity index is 645. The van der Waals surface area contributed by atoms with Crippen molar-refractivity contribution < 1.29 is 32.0 Å². The number of carbonyl (C=O) groups excluding carboxylic acids is 2. The molecule has 0 aromatic rings. The Kier molecular flexibility index (Phi) is 4.85. The van der Waals surface area contributed by atoms with E-state index in [4.69, 9.17) is 15.2 Å². The summed E-state index contributed by atoms with van der Waals surface area (Å²) in [6, 6.07) is -1.12. The molecule has 4 bridgehead atoms. The van der Waals surface area contributed by atoms with Gasteiger partial charge in [0.1, 0.15) is 17.7 Å². The first-order valence-corrected chi connectivity index (χ1v) is 10.2. The molecule has 0 radical (unpaired) electrons. The van der Waals surface area contributed by atoms with E-state index in [9.17, 15) is 22.6 Å². The monoisotopic (exact) mass is 374 g/mol. The number of carbonyl (C=O) groups is 2. The highest BCUT2D eigenvalue weighted by molar-refractivity contribution is 7.85. The lowest BCUT2D eigenvalue weighted by molar-refractivity contribution is -0.214. The van der Waals surface area contributed by atoms with Gasteiger partial charge in [0.15, 0.2) is 0 Å². The van der Waals surface area contributed by atoms with Crippen LogP contribution in [0.25, 0.3) is 0 Å². The summed E-state index contributed by atoms with van der Waals surface area (Å²) in [6.45, 7) is 1.42. The van der Waals surface area contributed by atoms with Crippen LogP contribution in [-0.2, 0) is 29.2 Å². The van der Waals surface area contributed by atoms with Crippen molar-refractivity contribution in [3.63, 3.8) is 0 Å². The highest BCUT2D eigenvalue weighted by Gasteiger charge is 2.58. The Morgan fingerprint density at radius 2 is 1.84 bits per heavy atom. The van der Waals surface area contributed by atoms with E-state index in [2.05, 4.69) is 0 Å². The van der Waals surface area contributed by atoms with E-state index in [0.29, 0.717) is 18.8 Å². The summed E-state index contributed by atoms with van der Waals surface area (Å²) in [7, 11) is -4.41. The lowest BCUT2D eigenvalue weighted by atomic mass is 9.53. The molecule has 3 unspecified atom stereocenters. The lowest BCUT2D eigenvalue weighted by Gasteiger charge is -2.58. The van der Waals surface area contributed by atoms with Crippen molar-refractivity contribution in [2.75, 3.05) is 5.75 Å². The van der Waals surface area contributed by atoms with Gasteiger partial charge >= 0.3 is 11.9 Å². The molecule has 4 fully saturated rings. The van der Waals surface area contributed by atoms with Gasteiger partial charge in [-0.05, 0) is 44.4 Å². The summed E-state index contributed by atoms with van der Waals surface area (Å²) in [4.78, 5) is 23.6. The summed E-state index contributed by atoms with van der Waals surface area (Å²) >= 11 is 0. The van der Waals surface area contributed by atoms with Crippen LogP contribution in [-0.4, -0.2) is 48.4 Å². The fraction of sp³-hybridized carbons (Fsp3) is 0.875. The number of esters is 2. The zero-order chi connectivity index (χ0) is 18.4. The van der Waals surface area contributed by atoms with Crippen molar-refractivity contribution in [2.24, 2.45) is 23.5 Å². The molecule has 8 nitrogen and oxygen atoms in total. The predicted molar refractivity (Wildman–Crippen MR) is 85.1 cm³/mol. The molecular weight excluding hydrogens is 350 g/mol.